The van der Waals surface area contributed by atoms with E-state index >= 15 is 0 Å². The van der Waals surface area contributed by atoms with Crippen molar-refractivity contribution in [2.75, 3.05) is 11.9 Å². The van der Waals surface area contributed by atoms with Gasteiger partial charge in [-0.15, -0.1) is 0 Å². The summed E-state index contributed by atoms with van der Waals surface area (Å²) >= 11 is 18.7. The summed E-state index contributed by atoms with van der Waals surface area (Å²) < 4.78 is 10.2. The molecular weight excluding hydrogens is 529 g/mol. The Labute approximate surface area is 232 Å². The first-order chi connectivity index (χ1) is 17.7. The highest BCUT2D eigenvalue weighted by Crippen LogP contribution is 2.30. The van der Waals surface area contributed by atoms with E-state index in [-0.39, 0.29) is 18.6 Å². The van der Waals surface area contributed by atoms with Crippen LogP contribution < -0.4 is 9.47 Å². The van der Waals surface area contributed by atoms with Crippen LogP contribution in [-0.2, 0) is 29.2 Å². The number of likely N-dealkylation sites (N-methyl/N-ethyl adjacent to an activating group) is 1. The minimum absolute atomic E-state index is 0.00330. The Morgan fingerprint density at radius 3 is 2.35 bits per heavy atom. The van der Waals surface area contributed by atoms with Crippen LogP contribution in [0.5, 0.6) is 0 Å². The van der Waals surface area contributed by atoms with Crippen molar-refractivity contribution in [3.8, 4) is 0 Å². The van der Waals surface area contributed by atoms with Gasteiger partial charge in [-0.3, -0.25) is 4.79 Å². The maximum absolute atomic E-state index is 13.1. The van der Waals surface area contributed by atoms with Crippen LogP contribution in [-0.4, -0.2) is 17.5 Å². The summed E-state index contributed by atoms with van der Waals surface area (Å²) in [6.07, 6.45) is 5.37. The quantitative estimate of drug-likeness (QED) is 0.208. The first-order valence-corrected chi connectivity index (χ1v) is 13.0. The van der Waals surface area contributed by atoms with Crippen molar-refractivity contribution in [2.24, 2.45) is 0 Å². The van der Waals surface area contributed by atoms with Crippen LogP contribution in [0.4, 0.5) is 5.69 Å². The summed E-state index contributed by atoms with van der Waals surface area (Å²) in [4.78, 5) is 14.8. The number of benzene rings is 3. The van der Waals surface area contributed by atoms with E-state index in [1.54, 1.807) is 17.0 Å². The Kier molecular flexibility index (Phi) is 8.93. The number of aromatic nitrogens is 2. The van der Waals surface area contributed by atoms with E-state index in [2.05, 4.69) is 0 Å². The molecule has 0 aliphatic heterocycles. The summed E-state index contributed by atoms with van der Waals surface area (Å²) in [6, 6.07) is 19.0. The lowest BCUT2D eigenvalue weighted by atomic mass is 10.1. The van der Waals surface area contributed by atoms with Crippen molar-refractivity contribution in [3.05, 3.63) is 117 Å². The summed E-state index contributed by atoms with van der Waals surface area (Å²) in [5, 5.41) is 1.78. The first kappa shape index (κ1) is 27.2. The number of ether oxygens (including phenoxy) is 1. The van der Waals surface area contributed by atoms with Crippen LogP contribution in [0.1, 0.15) is 28.4 Å². The molecule has 1 heterocycles. The topological polar surface area (TPSA) is 38.4 Å². The van der Waals surface area contributed by atoms with Gasteiger partial charge in [-0.2, -0.15) is 0 Å². The first-order valence-electron chi connectivity index (χ1n) is 11.9. The lowest BCUT2D eigenvalue weighted by Crippen LogP contribution is -2.42. The monoisotopic (exact) mass is 556 g/mol. The molecule has 0 aliphatic rings. The molecule has 1 atom stereocenters. The van der Waals surface area contributed by atoms with Gasteiger partial charge in [-0.25, -0.2) is 9.13 Å². The number of rotatable bonds is 9. The average molecular weight is 558 g/mol. The molecule has 0 radical (unpaired) electrons. The smallest absolute Gasteiger partial charge is 0.268 e. The Balaban J connectivity index is 1.49. The molecule has 1 amide bonds. The van der Waals surface area contributed by atoms with E-state index < -0.39 is 0 Å². The van der Waals surface area contributed by atoms with Crippen LogP contribution in [0.15, 0.2) is 79.4 Å². The van der Waals surface area contributed by atoms with Crippen LogP contribution in [0.25, 0.3) is 0 Å². The molecule has 4 aromatic rings. The number of amides is 1. The number of carbonyl (C=O) groups excluding carboxylic acids is 1. The number of carbonyl (C=O) groups is 1. The molecule has 1 unspecified atom stereocenters. The number of para-hydroxylation sites is 1. The standard InChI is InChI=1S/C29H29Cl3N3O2/c1-20-5-4-6-21(2)29(20)33(3)28(36)17-35-14-13-34(19-35)16-27(25-12-11-24(31)15-26(25)32)37-18-22-7-9-23(30)10-8-22/h4-15,19,27H,16-18H2,1-3H3/q+1. The Morgan fingerprint density at radius 1 is 1.00 bits per heavy atom. The number of hydrogen-bond acceptors (Lipinski definition) is 2. The Morgan fingerprint density at radius 2 is 1.68 bits per heavy atom. The lowest BCUT2D eigenvalue weighted by molar-refractivity contribution is -0.683. The van der Waals surface area contributed by atoms with Gasteiger partial charge in [-0.05, 0) is 54.8 Å². The third kappa shape index (κ3) is 6.93. The zero-order valence-corrected chi connectivity index (χ0v) is 23.3. The van der Waals surface area contributed by atoms with E-state index in [1.807, 2.05) is 97.3 Å². The van der Waals surface area contributed by atoms with Crippen molar-refractivity contribution < 1.29 is 14.1 Å². The fourth-order valence-corrected chi connectivity index (χ4v) is 4.99. The van der Waals surface area contributed by atoms with E-state index in [4.69, 9.17) is 39.5 Å². The third-order valence-electron chi connectivity index (χ3n) is 6.26. The SMILES string of the molecule is Cc1cccc(C)c1N(C)C(=O)C[n+]1ccn(CC(OCc2ccc(Cl)cc2)c2ccc(Cl)cc2Cl)c1. The summed E-state index contributed by atoms with van der Waals surface area (Å²) in [7, 11) is 1.82. The molecule has 8 heteroatoms. The second-order valence-corrected chi connectivity index (χ2v) is 10.3. The maximum Gasteiger partial charge on any atom is 0.268 e. The van der Waals surface area contributed by atoms with Crippen LogP contribution in [0, 0.1) is 13.8 Å². The lowest BCUT2D eigenvalue weighted by Gasteiger charge is -2.21. The minimum atomic E-state index is -0.339. The fraction of sp³-hybridized carbons (Fsp3) is 0.241. The molecule has 0 spiro atoms. The zero-order valence-electron chi connectivity index (χ0n) is 21.0. The van der Waals surface area contributed by atoms with Crippen molar-refractivity contribution in [3.63, 3.8) is 0 Å². The van der Waals surface area contributed by atoms with Crippen molar-refractivity contribution in [1.29, 1.82) is 0 Å². The third-order valence-corrected chi connectivity index (χ3v) is 7.08. The normalized spacial score (nSPS) is 11.9. The van der Waals surface area contributed by atoms with Gasteiger partial charge >= 0.3 is 0 Å². The highest BCUT2D eigenvalue weighted by atomic mass is 35.5. The number of hydrogen-bond donors (Lipinski definition) is 0. The van der Waals surface area contributed by atoms with Gasteiger partial charge in [0.25, 0.3) is 5.91 Å². The van der Waals surface area contributed by atoms with Gasteiger partial charge in [-0.1, -0.05) is 71.2 Å². The second-order valence-electron chi connectivity index (χ2n) is 9.07. The molecule has 37 heavy (non-hydrogen) atoms. The van der Waals surface area contributed by atoms with Crippen molar-refractivity contribution >= 4 is 46.4 Å². The molecule has 0 bridgehead atoms. The van der Waals surface area contributed by atoms with Gasteiger partial charge in [0.1, 0.15) is 25.0 Å². The summed E-state index contributed by atoms with van der Waals surface area (Å²) in [5.74, 6) is -0.00330. The molecule has 3 aromatic carbocycles. The molecular formula is C29H29Cl3N3O2+. The minimum Gasteiger partial charge on any atom is -0.365 e. The Hall–Kier alpha value is -2.83. The van der Waals surface area contributed by atoms with Gasteiger partial charge in [0.05, 0.1) is 6.61 Å². The van der Waals surface area contributed by atoms with Crippen LogP contribution in [0.3, 0.4) is 0 Å². The number of nitrogens with zero attached hydrogens (tertiary/aromatic N) is 3. The molecule has 0 N–H and O–H groups in total. The van der Waals surface area contributed by atoms with E-state index in [9.17, 15) is 4.79 Å². The van der Waals surface area contributed by atoms with E-state index in [0.29, 0.717) is 28.2 Å². The molecule has 5 nitrogen and oxygen atoms in total. The van der Waals surface area contributed by atoms with Crippen LogP contribution >= 0.6 is 34.8 Å². The van der Waals surface area contributed by atoms with Crippen LogP contribution in [0.2, 0.25) is 15.1 Å². The molecule has 0 saturated carbocycles. The molecule has 0 aliphatic carbocycles. The summed E-state index contributed by atoms with van der Waals surface area (Å²) in [5.41, 5.74) is 4.92. The number of aryl methyl sites for hydroxylation is 2. The highest BCUT2D eigenvalue weighted by molar-refractivity contribution is 6.35. The zero-order chi connectivity index (χ0) is 26.5. The van der Waals surface area contributed by atoms with E-state index in [1.165, 1.54) is 0 Å². The fourth-order valence-electron chi connectivity index (χ4n) is 4.33. The summed E-state index contributed by atoms with van der Waals surface area (Å²) in [6.45, 7) is 5.14. The molecule has 4 rings (SSSR count). The van der Waals surface area contributed by atoms with Gasteiger partial charge in [0, 0.05) is 33.4 Å². The van der Waals surface area contributed by atoms with Crippen molar-refractivity contribution in [1.82, 2.24) is 4.57 Å². The molecule has 192 valence electrons. The molecule has 1 aromatic heterocycles. The number of halogens is 3. The largest absolute Gasteiger partial charge is 0.365 e. The molecule has 0 fully saturated rings. The number of imidazole rings is 1. The van der Waals surface area contributed by atoms with Gasteiger partial charge in [0.15, 0.2) is 6.54 Å². The van der Waals surface area contributed by atoms with Gasteiger partial charge < -0.3 is 9.64 Å². The average Bonchev–Trinajstić information content (AvgIpc) is 3.29. The Bertz CT molecular complexity index is 1370. The van der Waals surface area contributed by atoms with E-state index in [0.717, 1.165) is 27.9 Å². The van der Waals surface area contributed by atoms with Gasteiger partial charge in [0.2, 0.25) is 6.33 Å². The highest BCUT2D eigenvalue weighted by Gasteiger charge is 2.22. The second kappa shape index (κ2) is 12.1. The predicted molar refractivity (Wildman–Crippen MR) is 149 cm³/mol. The van der Waals surface area contributed by atoms with Crippen molar-refractivity contribution in [2.45, 2.75) is 39.6 Å². The molecule has 0 saturated heterocycles. The number of anilines is 1. The predicted octanol–water partition coefficient (Wildman–Crippen LogP) is 6.97. The maximum atomic E-state index is 13.1.